The fourth-order valence-corrected chi connectivity index (χ4v) is 2.89. The number of amides is 2. The van der Waals surface area contributed by atoms with Crippen LogP contribution in [0.4, 0.5) is 5.69 Å². The minimum Gasteiger partial charge on any atom is -0.497 e. The maximum absolute atomic E-state index is 12.3. The van der Waals surface area contributed by atoms with Gasteiger partial charge in [-0.3, -0.25) is 9.59 Å². The summed E-state index contributed by atoms with van der Waals surface area (Å²) in [6.45, 7) is 2.20. The molecule has 2 N–H and O–H groups in total. The molecule has 7 nitrogen and oxygen atoms in total. The van der Waals surface area contributed by atoms with E-state index in [0.29, 0.717) is 22.8 Å². The van der Waals surface area contributed by atoms with Gasteiger partial charge in [0.15, 0.2) is 0 Å². The lowest BCUT2D eigenvalue weighted by atomic mass is 10.1. The van der Waals surface area contributed by atoms with Gasteiger partial charge in [0.05, 0.1) is 7.11 Å². The third-order valence-corrected chi connectivity index (χ3v) is 4.57. The van der Waals surface area contributed by atoms with Crippen molar-refractivity contribution in [1.29, 1.82) is 0 Å². The third kappa shape index (κ3) is 4.89. The molecule has 2 amide bonds. The summed E-state index contributed by atoms with van der Waals surface area (Å²) in [7, 11) is 1.61. The topological polar surface area (TPSA) is 93.2 Å². The number of aryl methyl sites for hydroxylation is 1. The zero-order valence-corrected chi connectivity index (χ0v) is 15.7. The monoisotopic (exact) mass is 382 g/mol. The van der Waals surface area contributed by atoms with Crippen LogP contribution in [-0.4, -0.2) is 29.1 Å². The van der Waals surface area contributed by atoms with Gasteiger partial charge in [-0.15, -0.1) is 10.2 Å². The molecule has 0 fully saturated rings. The van der Waals surface area contributed by atoms with Gasteiger partial charge in [-0.1, -0.05) is 23.5 Å². The van der Waals surface area contributed by atoms with E-state index in [1.807, 2.05) is 24.3 Å². The Hall–Kier alpha value is -3.26. The van der Waals surface area contributed by atoms with Crippen molar-refractivity contribution >= 4 is 28.8 Å². The Morgan fingerprint density at radius 2 is 1.70 bits per heavy atom. The highest BCUT2D eigenvalue weighted by Gasteiger charge is 2.12. The van der Waals surface area contributed by atoms with E-state index < -0.39 is 0 Å². The lowest BCUT2D eigenvalue weighted by Gasteiger charge is -2.08. The molecule has 0 spiro atoms. The number of ether oxygens (including phenoxy) is 1. The van der Waals surface area contributed by atoms with Gasteiger partial charge in [-0.25, -0.2) is 0 Å². The Labute approximate surface area is 160 Å². The maximum Gasteiger partial charge on any atom is 0.286 e. The summed E-state index contributed by atoms with van der Waals surface area (Å²) < 4.78 is 5.11. The Bertz CT molecular complexity index is 936. The quantitative estimate of drug-likeness (QED) is 0.683. The first kappa shape index (κ1) is 18.5. The second kappa shape index (κ2) is 8.41. The van der Waals surface area contributed by atoms with Crippen molar-refractivity contribution < 1.29 is 14.3 Å². The molecule has 2 aromatic carbocycles. The van der Waals surface area contributed by atoms with Crippen LogP contribution in [0.15, 0.2) is 48.5 Å². The first-order chi connectivity index (χ1) is 13.0. The Morgan fingerprint density at radius 1 is 1.00 bits per heavy atom. The van der Waals surface area contributed by atoms with E-state index in [1.165, 1.54) is 11.3 Å². The van der Waals surface area contributed by atoms with Gasteiger partial charge >= 0.3 is 0 Å². The molecule has 3 aromatic rings. The van der Waals surface area contributed by atoms with Gasteiger partial charge in [0, 0.05) is 17.8 Å². The molecule has 0 aliphatic rings. The summed E-state index contributed by atoms with van der Waals surface area (Å²) >= 11 is 1.22. The van der Waals surface area contributed by atoms with Crippen molar-refractivity contribution in [3.05, 3.63) is 69.7 Å². The Morgan fingerprint density at radius 3 is 2.30 bits per heavy atom. The normalized spacial score (nSPS) is 10.3. The first-order valence-electron chi connectivity index (χ1n) is 8.18. The lowest BCUT2D eigenvalue weighted by Crippen LogP contribution is -2.22. The number of benzene rings is 2. The first-order valence-corrected chi connectivity index (χ1v) is 8.99. The molecule has 0 saturated carbocycles. The molecule has 1 heterocycles. The summed E-state index contributed by atoms with van der Waals surface area (Å²) in [4.78, 5) is 24.3. The van der Waals surface area contributed by atoms with E-state index in [1.54, 1.807) is 38.3 Å². The zero-order chi connectivity index (χ0) is 19.2. The molecule has 138 valence electrons. The predicted molar refractivity (Wildman–Crippen MR) is 103 cm³/mol. The van der Waals surface area contributed by atoms with Crippen molar-refractivity contribution in [1.82, 2.24) is 15.5 Å². The predicted octanol–water partition coefficient (Wildman–Crippen LogP) is 3.04. The van der Waals surface area contributed by atoms with Crippen LogP contribution in [0.2, 0.25) is 0 Å². The number of rotatable bonds is 6. The van der Waals surface area contributed by atoms with E-state index in [2.05, 4.69) is 20.8 Å². The summed E-state index contributed by atoms with van der Waals surface area (Å²) in [5, 5.41) is 14.2. The van der Waals surface area contributed by atoms with E-state index in [9.17, 15) is 9.59 Å². The number of methoxy groups -OCH3 is 1. The van der Waals surface area contributed by atoms with Crippen LogP contribution >= 0.6 is 11.3 Å². The summed E-state index contributed by atoms with van der Waals surface area (Å²) in [6.07, 6.45) is 0. The molecule has 0 saturated heterocycles. The molecule has 1 aromatic heterocycles. The highest BCUT2D eigenvalue weighted by Crippen LogP contribution is 2.14. The third-order valence-electron chi connectivity index (χ3n) is 3.74. The van der Waals surface area contributed by atoms with Gasteiger partial charge in [0.25, 0.3) is 11.8 Å². The van der Waals surface area contributed by atoms with Gasteiger partial charge in [-0.05, 0) is 48.9 Å². The van der Waals surface area contributed by atoms with Gasteiger partial charge in [0.2, 0.25) is 5.01 Å². The van der Waals surface area contributed by atoms with E-state index in [-0.39, 0.29) is 11.8 Å². The fraction of sp³-hybridized carbons (Fsp3) is 0.158. The van der Waals surface area contributed by atoms with Crippen LogP contribution in [0.5, 0.6) is 5.75 Å². The van der Waals surface area contributed by atoms with Crippen LogP contribution < -0.4 is 15.4 Å². The van der Waals surface area contributed by atoms with Crippen molar-refractivity contribution in [3.8, 4) is 5.75 Å². The molecular weight excluding hydrogens is 364 g/mol. The molecule has 27 heavy (non-hydrogen) atoms. The second-order valence-electron chi connectivity index (χ2n) is 5.69. The molecule has 0 unspecified atom stereocenters. The van der Waals surface area contributed by atoms with Crippen LogP contribution in [-0.2, 0) is 6.54 Å². The van der Waals surface area contributed by atoms with Crippen LogP contribution in [0.1, 0.15) is 30.7 Å². The Kier molecular flexibility index (Phi) is 5.77. The van der Waals surface area contributed by atoms with Crippen LogP contribution in [0.25, 0.3) is 0 Å². The highest BCUT2D eigenvalue weighted by atomic mass is 32.1. The smallest absolute Gasteiger partial charge is 0.286 e. The SMILES string of the molecule is COc1ccc(CNC(=O)c2ccc(NC(=O)c3nnc(C)s3)cc2)cc1. The van der Waals surface area contributed by atoms with Crippen LogP contribution in [0, 0.1) is 6.92 Å². The van der Waals surface area contributed by atoms with Crippen molar-refractivity contribution in [2.24, 2.45) is 0 Å². The molecule has 0 aliphatic heterocycles. The van der Waals surface area contributed by atoms with E-state index in [4.69, 9.17) is 4.74 Å². The maximum atomic E-state index is 12.3. The van der Waals surface area contributed by atoms with E-state index in [0.717, 1.165) is 16.3 Å². The standard InChI is InChI=1S/C19H18N4O3S/c1-12-22-23-19(27-12)18(25)21-15-7-5-14(6-8-15)17(24)20-11-13-3-9-16(26-2)10-4-13/h3-10H,11H2,1-2H3,(H,20,24)(H,21,25). The number of carbonyl (C=O) groups is 2. The van der Waals surface area contributed by atoms with Crippen molar-refractivity contribution in [2.45, 2.75) is 13.5 Å². The average molecular weight is 382 g/mol. The summed E-state index contributed by atoms with van der Waals surface area (Å²) in [6, 6.07) is 14.1. The van der Waals surface area contributed by atoms with Crippen molar-refractivity contribution in [2.75, 3.05) is 12.4 Å². The van der Waals surface area contributed by atoms with E-state index >= 15 is 0 Å². The van der Waals surface area contributed by atoms with Crippen LogP contribution in [0.3, 0.4) is 0 Å². The number of carbonyl (C=O) groups excluding carboxylic acids is 2. The zero-order valence-electron chi connectivity index (χ0n) is 14.9. The number of nitrogens with one attached hydrogen (secondary N) is 2. The molecule has 8 heteroatoms. The molecule has 0 bridgehead atoms. The number of aromatic nitrogens is 2. The molecule has 0 atom stereocenters. The number of hydrogen-bond acceptors (Lipinski definition) is 6. The van der Waals surface area contributed by atoms with Crippen molar-refractivity contribution in [3.63, 3.8) is 0 Å². The van der Waals surface area contributed by atoms with Gasteiger partial charge in [-0.2, -0.15) is 0 Å². The number of anilines is 1. The molecule has 0 radical (unpaired) electrons. The fourth-order valence-electron chi connectivity index (χ4n) is 2.31. The van der Waals surface area contributed by atoms with Gasteiger partial charge in [0.1, 0.15) is 10.8 Å². The lowest BCUT2D eigenvalue weighted by molar-refractivity contribution is 0.0950. The summed E-state index contributed by atoms with van der Waals surface area (Å²) in [5.74, 6) is 0.257. The number of nitrogens with zero attached hydrogens (tertiary/aromatic N) is 2. The minimum absolute atomic E-state index is 0.191. The molecule has 0 aliphatic carbocycles. The highest BCUT2D eigenvalue weighted by molar-refractivity contribution is 7.13. The second-order valence-corrected chi connectivity index (χ2v) is 6.87. The largest absolute Gasteiger partial charge is 0.497 e. The molecule has 3 rings (SSSR count). The minimum atomic E-state index is -0.322. The van der Waals surface area contributed by atoms with Gasteiger partial charge < -0.3 is 15.4 Å². The number of hydrogen-bond donors (Lipinski definition) is 2. The Balaban J connectivity index is 1.55. The molecular formula is C19H18N4O3S. The summed E-state index contributed by atoms with van der Waals surface area (Å²) in [5.41, 5.74) is 2.06. The average Bonchev–Trinajstić information content (AvgIpc) is 3.13.